The summed E-state index contributed by atoms with van der Waals surface area (Å²) in [7, 11) is 0. The first-order valence-corrected chi connectivity index (χ1v) is 1.90. The van der Waals surface area contributed by atoms with Crippen LogP contribution in [0.1, 0.15) is 23.0 Å². The highest BCUT2D eigenvalue weighted by atomic mass is 16.1. The molecule has 40 valence electrons. The zero-order chi connectivity index (χ0) is 7.44. The van der Waals surface area contributed by atoms with Gasteiger partial charge in [-0.1, -0.05) is 0 Å². The fourth-order valence-corrected chi connectivity index (χ4v) is 0.245. The highest BCUT2D eigenvalue weighted by Gasteiger charge is 1.94. The average molecular weight is 102 g/mol. The van der Waals surface area contributed by atoms with E-state index in [9.17, 15) is 9.59 Å². The third-order valence-electron chi connectivity index (χ3n) is 0.423. The van der Waals surface area contributed by atoms with Crippen LogP contribution < -0.4 is 0 Å². The van der Waals surface area contributed by atoms with Crippen LogP contribution in [-0.4, -0.2) is 11.6 Å². The molecule has 0 fully saturated rings. The van der Waals surface area contributed by atoms with Crippen LogP contribution >= 0.6 is 0 Å². The Morgan fingerprint density at radius 3 is 2.29 bits per heavy atom. The fourth-order valence-electron chi connectivity index (χ4n) is 0.245. The van der Waals surface area contributed by atoms with E-state index in [0.29, 0.717) is 0 Å². The third-order valence-corrected chi connectivity index (χ3v) is 0.423. The number of Topliss-reactive ketones (excluding diaryl/α,β-unsaturated/α-hetero) is 2. The molecule has 0 bridgehead atoms. The molecule has 0 spiro atoms. The van der Waals surface area contributed by atoms with Gasteiger partial charge in [0.05, 0.1) is 6.42 Å². The van der Waals surface area contributed by atoms with Crippen LogP contribution in [0.3, 0.4) is 0 Å². The molecule has 0 aromatic heterocycles. The molecule has 0 aliphatic carbocycles. The summed E-state index contributed by atoms with van der Waals surface area (Å²) in [5.74, 6) is -0.924. The first-order chi connectivity index (χ1) is 4.04. The molecule has 0 saturated heterocycles. The van der Waals surface area contributed by atoms with Gasteiger partial charge in [0.2, 0.25) is 0 Å². The van der Waals surface area contributed by atoms with Gasteiger partial charge in [-0.15, -0.1) is 0 Å². The van der Waals surface area contributed by atoms with Crippen molar-refractivity contribution in [1.29, 1.82) is 0 Å². The third kappa shape index (κ3) is 5.34. The van der Waals surface area contributed by atoms with E-state index in [1.807, 2.05) is 0 Å². The van der Waals surface area contributed by atoms with Crippen molar-refractivity contribution >= 4 is 11.6 Å². The van der Waals surface area contributed by atoms with Crippen molar-refractivity contribution in [1.82, 2.24) is 0 Å². The van der Waals surface area contributed by atoms with Crippen molar-refractivity contribution in [3.8, 4) is 0 Å². The van der Waals surface area contributed by atoms with Crippen molar-refractivity contribution in [2.75, 3.05) is 0 Å². The molecule has 0 saturated carbocycles. The monoisotopic (exact) mass is 102 g/mol. The van der Waals surface area contributed by atoms with Crippen LogP contribution in [0.25, 0.3) is 0 Å². The Bertz CT molecular complexity index is 131. The minimum atomic E-state index is -1.51. The highest BCUT2D eigenvalue weighted by Crippen LogP contribution is 1.80. The van der Waals surface area contributed by atoms with Crippen LogP contribution in [0, 0.1) is 0 Å². The fraction of sp³-hybridized carbons (Fsp3) is 0.600. The molecule has 0 unspecified atom stereocenters. The quantitative estimate of drug-likeness (QED) is 0.477. The molecule has 2 nitrogen and oxygen atoms in total. The lowest BCUT2D eigenvalue weighted by molar-refractivity contribution is -0.124. The van der Waals surface area contributed by atoms with Gasteiger partial charge in [0.15, 0.2) is 0 Å². The maximum Gasteiger partial charge on any atom is 0.137 e. The van der Waals surface area contributed by atoms with E-state index in [0.717, 1.165) is 0 Å². The van der Waals surface area contributed by atoms with Gasteiger partial charge in [0, 0.05) is 2.74 Å². The van der Waals surface area contributed by atoms with E-state index in [1.165, 1.54) is 6.92 Å². The SMILES string of the molecule is [2H]C([2H])C(=O)CC(C)=O. The lowest BCUT2D eigenvalue weighted by atomic mass is 10.2. The Morgan fingerprint density at radius 1 is 1.57 bits per heavy atom. The van der Waals surface area contributed by atoms with E-state index in [2.05, 4.69) is 0 Å². The summed E-state index contributed by atoms with van der Waals surface area (Å²) in [5.41, 5.74) is 0. The molecule has 0 atom stereocenters. The van der Waals surface area contributed by atoms with Crippen molar-refractivity contribution < 1.29 is 12.3 Å². The number of hydrogen-bond donors (Lipinski definition) is 0. The summed E-state index contributed by atoms with van der Waals surface area (Å²) >= 11 is 0. The van der Waals surface area contributed by atoms with Crippen LogP contribution in [0.4, 0.5) is 0 Å². The Kier molecular flexibility index (Phi) is 1.20. The van der Waals surface area contributed by atoms with E-state index < -0.39 is 12.7 Å². The van der Waals surface area contributed by atoms with Crippen molar-refractivity contribution in [2.24, 2.45) is 0 Å². The highest BCUT2D eigenvalue weighted by molar-refractivity contribution is 5.96. The standard InChI is InChI=1S/C5H8O2/c1-4(6)3-5(2)7/h3H2,1-2H3/i1D2. The zero-order valence-electron chi connectivity index (χ0n) is 6.10. The average Bonchev–Trinajstić information content (AvgIpc) is 1.63. The Labute approximate surface area is 45.3 Å². The first kappa shape index (κ1) is 3.36. The summed E-state index contributed by atoms with van der Waals surface area (Å²) in [6.45, 7) is -0.241. The van der Waals surface area contributed by atoms with E-state index in [1.54, 1.807) is 0 Å². The molecular weight excluding hydrogens is 92.1 g/mol. The van der Waals surface area contributed by atoms with Gasteiger partial charge in [-0.05, 0) is 13.8 Å². The lowest BCUT2D eigenvalue weighted by Crippen LogP contribution is -1.97. The molecule has 0 aliphatic rings. The van der Waals surface area contributed by atoms with Crippen LogP contribution in [0.2, 0.25) is 0 Å². The summed E-state index contributed by atoms with van der Waals surface area (Å²) in [6, 6.07) is 0. The second-order valence-corrected chi connectivity index (χ2v) is 1.35. The van der Waals surface area contributed by atoms with Crippen LogP contribution in [0.15, 0.2) is 0 Å². The van der Waals surface area contributed by atoms with Crippen LogP contribution in [-0.2, 0) is 9.59 Å². The predicted octanol–water partition coefficient (Wildman–Crippen LogP) is 0.554. The van der Waals surface area contributed by atoms with Crippen LogP contribution in [0.5, 0.6) is 0 Å². The minimum Gasteiger partial charge on any atom is -0.300 e. The van der Waals surface area contributed by atoms with Gasteiger partial charge in [-0.25, -0.2) is 0 Å². The molecule has 0 aromatic carbocycles. The zero-order valence-corrected chi connectivity index (χ0v) is 4.10. The molecule has 0 radical (unpaired) electrons. The van der Waals surface area contributed by atoms with Gasteiger partial charge in [0.1, 0.15) is 11.6 Å². The maximum atomic E-state index is 10.4. The lowest BCUT2D eigenvalue weighted by Gasteiger charge is -1.81. The number of rotatable bonds is 2. The maximum absolute atomic E-state index is 10.4. The second-order valence-electron chi connectivity index (χ2n) is 1.35. The second kappa shape index (κ2) is 2.50. The molecule has 2 heteroatoms. The molecule has 0 aliphatic heterocycles. The minimum absolute atomic E-state index is 0.280. The summed E-state index contributed by atoms with van der Waals surface area (Å²) < 4.78 is 13.1. The van der Waals surface area contributed by atoms with Gasteiger partial charge in [-0.3, -0.25) is 9.59 Å². The van der Waals surface area contributed by atoms with Crippen molar-refractivity contribution in [3.05, 3.63) is 0 Å². The number of ketones is 2. The topological polar surface area (TPSA) is 34.1 Å². The number of carbonyl (C=O) groups is 2. The summed E-state index contributed by atoms with van der Waals surface area (Å²) in [6.07, 6.45) is -0.280. The number of carbonyl (C=O) groups excluding carboxylic acids is 2. The van der Waals surface area contributed by atoms with E-state index >= 15 is 0 Å². The van der Waals surface area contributed by atoms with Gasteiger partial charge in [-0.2, -0.15) is 0 Å². The molecule has 0 amide bonds. The number of hydrogen-bond acceptors (Lipinski definition) is 2. The summed E-state index contributed by atoms with van der Waals surface area (Å²) in [4.78, 5) is 20.5. The van der Waals surface area contributed by atoms with Gasteiger partial charge >= 0.3 is 0 Å². The normalized spacial score (nSPS) is 12.9. The molecule has 0 heterocycles. The first-order valence-electron chi connectivity index (χ1n) is 3.06. The van der Waals surface area contributed by atoms with E-state index in [-0.39, 0.29) is 12.2 Å². The molecule has 0 N–H and O–H groups in total. The molecule has 0 aromatic rings. The molecule has 7 heavy (non-hydrogen) atoms. The Balaban J connectivity index is 3.64. The van der Waals surface area contributed by atoms with Gasteiger partial charge in [0.25, 0.3) is 0 Å². The Hall–Kier alpha value is -0.660. The van der Waals surface area contributed by atoms with Gasteiger partial charge < -0.3 is 0 Å². The smallest absolute Gasteiger partial charge is 0.137 e. The molecular formula is C5H8O2. The Morgan fingerprint density at radius 2 is 2.14 bits per heavy atom. The summed E-state index contributed by atoms with van der Waals surface area (Å²) in [5, 5.41) is 0. The molecule has 0 rings (SSSR count). The van der Waals surface area contributed by atoms with E-state index in [4.69, 9.17) is 2.74 Å². The predicted molar refractivity (Wildman–Crippen MR) is 26.0 cm³/mol. The van der Waals surface area contributed by atoms with Crippen molar-refractivity contribution in [3.63, 3.8) is 0 Å². The van der Waals surface area contributed by atoms with Crippen molar-refractivity contribution in [2.45, 2.75) is 20.2 Å². The largest absolute Gasteiger partial charge is 0.300 e.